The van der Waals surface area contributed by atoms with Gasteiger partial charge >= 0.3 is 184 Å². The molecule has 0 radical (unpaired) electrons. The molecule has 0 unspecified atom stereocenters. The van der Waals surface area contributed by atoms with Crippen molar-refractivity contribution in [2.24, 2.45) is 0 Å². The zero-order chi connectivity index (χ0) is 21.5. The van der Waals surface area contributed by atoms with Crippen LogP contribution in [0.15, 0.2) is 121 Å². The number of carbonyl (C=O) groups excluding carboxylic acids is 2. The van der Waals surface area contributed by atoms with E-state index in [1.807, 2.05) is 97.1 Å². The first kappa shape index (κ1) is 20.9. The van der Waals surface area contributed by atoms with Crippen LogP contribution >= 0.6 is 7.26 Å². The third-order valence-corrected chi connectivity index (χ3v) is 10.5. The van der Waals surface area contributed by atoms with Crippen LogP contribution in [-0.4, -0.2) is 23.9 Å². The average molecular weight is 424 g/mol. The summed E-state index contributed by atoms with van der Waals surface area (Å²) in [5, 5.41) is 2.21. The van der Waals surface area contributed by atoms with Crippen molar-refractivity contribution in [3.05, 3.63) is 132 Å². The van der Waals surface area contributed by atoms with Crippen LogP contribution < -0.4 is 10.6 Å². The molecular weight excluding hydrogens is 399 g/mol. The van der Waals surface area contributed by atoms with Gasteiger partial charge in [0.25, 0.3) is 0 Å². The van der Waals surface area contributed by atoms with Crippen molar-refractivity contribution in [1.29, 1.82) is 0 Å². The van der Waals surface area contributed by atoms with E-state index in [9.17, 15) is 9.59 Å². The summed E-state index contributed by atoms with van der Waals surface area (Å²) in [7, 11) is -2.74. The maximum atomic E-state index is 13.4. The number of hydrogen-bond donors (Lipinski definition) is 0. The summed E-state index contributed by atoms with van der Waals surface area (Å²) in [5.74, 6) is 0.168. The van der Waals surface area contributed by atoms with Crippen molar-refractivity contribution in [1.82, 2.24) is 0 Å². The minimum atomic E-state index is -2.74. The Bertz CT molecular complexity index is 1050. The van der Waals surface area contributed by atoms with Gasteiger partial charge in [0.1, 0.15) is 0 Å². The van der Waals surface area contributed by atoms with Crippen molar-refractivity contribution in [3.63, 3.8) is 0 Å². The summed E-state index contributed by atoms with van der Waals surface area (Å²) in [6.07, 6.45) is 0.702. The average Bonchev–Trinajstić information content (AvgIpc) is 2.85. The first-order chi connectivity index (χ1) is 15.2. The van der Waals surface area contributed by atoms with Gasteiger partial charge in [0.05, 0.1) is 0 Å². The van der Waals surface area contributed by atoms with Gasteiger partial charge in [-0.05, 0) is 0 Å². The summed E-state index contributed by atoms with van der Waals surface area (Å²) in [6, 6.07) is 39.1. The maximum absolute atomic E-state index is 13.4. The molecule has 0 saturated carbocycles. The summed E-state index contributed by atoms with van der Waals surface area (Å²) >= 11 is 0. The molecule has 0 bridgehead atoms. The first-order valence-electron chi connectivity index (χ1n) is 10.5. The number of Topliss-reactive ketones (excluding diaryl/α,β-unsaturated/α-hetero) is 2. The van der Waals surface area contributed by atoms with Gasteiger partial charge in [0, 0.05) is 0 Å². The summed E-state index contributed by atoms with van der Waals surface area (Å²) < 4.78 is 0. The Balaban J connectivity index is 1.84. The van der Waals surface area contributed by atoms with E-state index in [0.29, 0.717) is 23.5 Å². The van der Waals surface area contributed by atoms with Crippen molar-refractivity contribution < 1.29 is 9.59 Å². The zero-order valence-corrected chi connectivity index (χ0v) is 18.3. The Morgan fingerprint density at radius 3 is 1.06 bits per heavy atom. The third-order valence-electron chi connectivity index (χ3n) is 5.77. The van der Waals surface area contributed by atoms with Gasteiger partial charge in [-0.2, -0.15) is 0 Å². The van der Waals surface area contributed by atoms with Crippen LogP contribution in [-0.2, 0) is 0 Å². The molecule has 0 saturated heterocycles. The Morgan fingerprint density at radius 1 is 0.452 bits per heavy atom. The fraction of sp³-hybridized carbons (Fsp3) is 0.0714. The molecule has 3 heteroatoms. The van der Waals surface area contributed by atoms with Crippen LogP contribution in [0, 0.1) is 0 Å². The molecule has 4 aromatic carbocycles. The molecule has 4 rings (SSSR count). The van der Waals surface area contributed by atoms with Crippen molar-refractivity contribution in [2.75, 3.05) is 12.3 Å². The summed E-state index contributed by atoms with van der Waals surface area (Å²) in [4.78, 5) is 26.9. The van der Waals surface area contributed by atoms with Crippen LogP contribution in [0.2, 0.25) is 0 Å². The molecule has 0 N–H and O–H groups in total. The quantitative estimate of drug-likeness (QED) is 0.289. The molecule has 0 aliphatic heterocycles. The summed E-state index contributed by atoms with van der Waals surface area (Å²) in [5.41, 5.74) is 1.39. The zero-order valence-electron chi connectivity index (χ0n) is 17.3. The first-order valence-corrected chi connectivity index (χ1v) is 12.9. The predicted molar refractivity (Wildman–Crippen MR) is 132 cm³/mol. The second kappa shape index (κ2) is 9.64. The standard InChI is InChI=1S/C28H25O2P/c29-27(23-13-5-1-6-14-23)21-31(25-17-9-3-10-18-25,26-19-11-4-12-20-26)22-28(30)24-15-7-2-8-16-24/h1-20,31H,21-22H2. The minimum absolute atomic E-state index is 0.0841. The number of rotatable bonds is 8. The van der Waals surface area contributed by atoms with Crippen LogP contribution in [0.4, 0.5) is 0 Å². The fourth-order valence-corrected chi connectivity index (χ4v) is 8.59. The van der Waals surface area contributed by atoms with Gasteiger partial charge in [0.15, 0.2) is 0 Å². The van der Waals surface area contributed by atoms with E-state index in [-0.39, 0.29) is 11.6 Å². The van der Waals surface area contributed by atoms with Crippen LogP contribution in [0.25, 0.3) is 0 Å². The van der Waals surface area contributed by atoms with Gasteiger partial charge in [-0.25, -0.2) is 0 Å². The van der Waals surface area contributed by atoms with Crippen molar-refractivity contribution in [2.45, 2.75) is 0 Å². The van der Waals surface area contributed by atoms with E-state index >= 15 is 0 Å². The Hall–Kier alpha value is -3.35. The number of ketones is 2. The van der Waals surface area contributed by atoms with Crippen LogP contribution in [0.3, 0.4) is 0 Å². The SMILES string of the molecule is O=C(C[PH](CC(=O)c1ccccc1)(c1ccccc1)c1ccccc1)c1ccccc1. The molecule has 0 aromatic heterocycles. The molecule has 0 aliphatic rings. The predicted octanol–water partition coefficient (Wildman–Crippen LogP) is 5.15. The van der Waals surface area contributed by atoms with Gasteiger partial charge in [0.2, 0.25) is 0 Å². The molecule has 154 valence electrons. The van der Waals surface area contributed by atoms with Gasteiger partial charge < -0.3 is 0 Å². The monoisotopic (exact) mass is 424 g/mol. The Morgan fingerprint density at radius 2 is 0.742 bits per heavy atom. The number of benzene rings is 4. The molecule has 0 spiro atoms. The van der Waals surface area contributed by atoms with E-state index < -0.39 is 7.26 Å². The second-order valence-electron chi connectivity index (χ2n) is 7.75. The molecule has 0 aliphatic carbocycles. The Labute approximate surface area is 183 Å². The molecule has 0 fully saturated rings. The van der Waals surface area contributed by atoms with E-state index in [1.54, 1.807) is 0 Å². The molecular formula is C28H25O2P. The van der Waals surface area contributed by atoms with Gasteiger partial charge in [-0.15, -0.1) is 0 Å². The molecule has 4 aromatic rings. The topological polar surface area (TPSA) is 34.1 Å². The number of carbonyl (C=O) groups is 2. The normalized spacial score (nSPS) is 11.6. The number of hydrogen-bond acceptors (Lipinski definition) is 2. The van der Waals surface area contributed by atoms with Crippen molar-refractivity contribution >= 4 is 29.4 Å². The van der Waals surface area contributed by atoms with E-state index in [0.717, 1.165) is 10.6 Å². The fourth-order valence-electron chi connectivity index (χ4n) is 4.15. The van der Waals surface area contributed by atoms with Gasteiger partial charge in [-0.3, -0.25) is 0 Å². The van der Waals surface area contributed by atoms with E-state index in [1.165, 1.54) is 0 Å². The summed E-state index contributed by atoms with van der Waals surface area (Å²) in [6.45, 7) is 0. The second-order valence-corrected chi connectivity index (χ2v) is 11.8. The molecule has 0 amide bonds. The van der Waals surface area contributed by atoms with Crippen LogP contribution in [0.5, 0.6) is 0 Å². The molecule has 31 heavy (non-hydrogen) atoms. The third kappa shape index (κ3) is 4.71. The van der Waals surface area contributed by atoms with Crippen LogP contribution in [0.1, 0.15) is 20.7 Å². The van der Waals surface area contributed by atoms with E-state index in [4.69, 9.17) is 0 Å². The Kier molecular flexibility index (Phi) is 6.50. The van der Waals surface area contributed by atoms with Crippen molar-refractivity contribution in [3.8, 4) is 0 Å². The van der Waals surface area contributed by atoms with E-state index in [2.05, 4.69) is 24.3 Å². The molecule has 2 nitrogen and oxygen atoms in total. The molecule has 0 heterocycles. The molecule has 0 atom stereocenters. The van der Waals surface area contributed by atoms with Gasteiger partial charge in [-0.1, -0.05) is 0 Å².